The first-order valence-corrected chi connectivity index (χ1v) is 9.81. The molecule has 0 saturated carbocycles. The molecule has 1 fully saturated rings. The molecule has 1 N–H and O–H groups in total. The lowest BCUT2D eigenvalue weighted by Gasteiger charge is -2.25. The zero-order chi connectivity index (χ0) is 19.7. The van der Waals surface area contributed by atoms with E-state index in [2.05, 4.69) is 10.3 Å². The van der Waals surface area contributed by atoms with Crippen LogP contribution in [0.3, 0.4) is 0 Å². The molecule has 2 aromatic carbocycles. The first-order valence-electron chi connectivity index (χ1n) is 8.93. The molecule has 0 unspecified atom stereocenters. The molecule has 1 aromatic heterocycles. The number of nitrogens with zero attached hydrogens (tertiary/aromatic N) is 2. The molecular weight excluding hydrogens is 377 g/mol. The maximum Gasteiger partial charge on any atom is 0.325 e. The van der Waals surface area contributed by atoms with Crippen molar-refractivity contribution in [3.63, 3.8) is 0 Å². The molecule has 1 aliphatic rings. The SMILES string of the molecule is CC[C@]1(c2ccc(F)cc2)NC(=O)N(Cc2csc(-c3ccccc3)n2)C1=O. The third-order valence-corrected chi connectivity index (χ3v) is 5.88. The molecule has 0 radical (unpaired) electrons. The molecule has 0 bridgehead atoms. The summed E-state index contributed by atoms with van der Waals surface area (Å²) in [6, 6.07) is 14.9. The minimum Gasteiger partial charge on any atom is -0.319 e. The quantitative estimate of drug-likeness (QED) is 0.655. The van der Waals surface area contributed by atoms with Crippen molar-refractivity contribution in [3.05, 3.63) is 77.1 Å². The van der Waals surface area contributed by atoms with Gasteiger partial charge in [-0.2, -0.15) is 0 Å². The van der Waals surface area contributed by atoms with E-state index in [1.807, 2.05) is 42.6 Å². The van der Waals surface area contributed by atoms with Gasteiger partial charge in [0.1, 0.15) is 16.4 Å². The van der Waals surface area contributed by atoms with Crippen molar-refractivity contribution in [2.75, 3.05) is 0 Å². The van der Waals surface area contributed by atoms with Crippen LogP contribution in [0.4, 0.5) is 9.18 Å². The van der Waals surface area contributed by atoms with Crippen molar-refractivity contribution < 1.29 is 14.0 Å². The van der Waals surface area contributed by atoms with Crippen molar-refractivity contribution in [1.29, 1.82) is 0 Å². The van der Waals surface area contributed by atoms with Crippen molar-refractivity contribution in [1.82, 2.24) is 15.2 Å². The number of aromatic nitrogens is 1. The summed E-state index contributed by atoms with van der Waals surface area (Å²) < 4.78 is 13.3. The number of carbonyl (C=O) groups is 2. The molecule has 4 rings (SSSR count). The summed E-state index contributed by atoms with van der Waals surface area (Å²) in [5, 5.41) is 5.49. The molecule has 3 aromatic rings. The van der Waals surface area contributed by atoms with Crippen molar-refractivity contribution in [2.24, 2.45) is 0 Å². The number of urea groups is 1. The zero-order valence-corrected chi connectivity index (χ0v) is 16.0. The van der Waals surface area contributed by atoms with Crippen LogP contribution in [0.25, 0.3) is 10.6 Å². The van der Waals surface area contributed by atoms with Gasteiger partial charge >= 0.3 is 6.03 Å². The monoisotopic (exact) mass is 395 g/mol. The Morgan fingerprint density at radius 1 is 1.11 bits per heavy atom. The number of imide groups is 1. The molecule has 7 heteroatoms. The van der Waals surface area contributed by atoms with Gasteiger partial charge in [-0.25, -0.2) is 14.2 Å². The smallest absolute Gasteiger partial charge is 0.319 e. The van der Waals surface area contributed by atoms with Crippen LogP contribution in [0, 0.1) is 5.82 Å². The summed E-state index contributed by atoms with van der Waals surface area (Å²) in [7, 11) is 0. The second-order valence-electron chi connectivity index (χ2n) is 6.60. The molecule has 0 aliphatic carbocycles. The van der Waals surface area contributed by atoms with E-state index < -0.39 is 11.6 Å². The van der Waals surface area contributed by atoms with Gasteiger partial charge in [-0.3, -0.25) is 9.69 Å². The van der Waals surface area contributed by atoms with Gasteiger partial charge in [0, 0.05) is 10.9 Å². The number of halogens is 1. The molecule has 5 nitrogen and oxygen atoms in total. The standard InChI is InChI=1S/C21H18FN3O2S/c1-2-21(15-8-10-16(22)11-9-15)19(26)25(20(27)24-21)12-17-13-28-18(23-17)14-6-4-3-5-7-14/h3-11,13H,2,12H2,1H3,(H,24,27)/t21-/m1/s1. The Morgan fingerprint density at radius 3 is 2.50 bits per heavy atom. The average molecular weight is 395 g/mol. The first kappa shape index (κ1) is 18.3. The van der Waals surface area contributed by atoms with E-state index in [1.165, 1.54) is 40.5 Å². The Labute approximate surface area is 165 Å². The molecule has 0 spiro atoms. The predicted octanol–water partition coefficient (Wildman–Crippen LogP) is 4.31. The van der Waals surface area contributed by atoms with Gasteiger partial charge in [0.25, 0.3) is 5.91 Å². The van der Waals surface area contributed by atoms with Crippen molar-refractivity contribution >= 4 is 23.3 Å². The highest BCUT2D eigenvalue weighted by Crippen LogP contribution is 2.34. The molecule has 1 saturated heterocycles. The van der Waals surface area contributed by atoms with Crippen LogP contribution in [0.1, 0.15) is 24.6 Å². The Bertz CT molecular complexity index is 1020. The van der Waals surface area contributed by atoms with E-state index in [9.17, 15) is 14.0 Å². The second-order valence-corrected chi connectivity index (χ2v) is 7.46. The van der Waals surface area contributed by atoms with E-state index in [-0.39, 0.29) is 18.3 Å². The minimum absolute atomic E-state index is 0.0942. The van der Waals surface area contributed by atoms with E-state index in [4.69, 9.17) is 0 Å². The lowest BCUT2D eigenvalue weighted by Crippen LogP contribution is -2.43. The Kier molecular flexibility index (Phi) is 4.68. The summed E-state index contributed by atoms with van der Waals surface area (Å²) in [5.41, 5.74) is 1.03. The maximum absolute atomic E-state index is 13.3. The fourth-order valence-corrected chi connectivity index (χ4v) is 4.22. The molecule has 142 valence electrons. The summed E-state index contributed by atoms with van der Waals surface area (Å²) >= 11 is 1.47. The topological polar surface area (TPSA) is 62.3 Å². The van der Waals surface area contributed by atoms with Crippen LogP contribution in [-0.4, -0.2) is 21.8 Å². The highest BCUT2D eigenvalue weighted by atomic mass is 32.1. The zero-order valence-electron chi connectivity index (χ0n) is 15.2. The number of amides is 3. The average Bonchev–Trinajstić information content (AvgIpc) is 3.28. The van der Waals surface area contributed by atoms with Crippen LogP contribution in [0.15, 0.2) is 60.0 Å². The number of nitrogens with one attached hydrogen (secondary N) is 1. The summed E-state index contributed by atoms with van der Waals surface area (Å²) in [4.78, 5) is 31.5. The van der Waals surface area contributed by atoms with Gasteiger partial charge in [-0.05, 0) is 24.1 Å². The van der Waals surface area contributed by atoms with Gasteiger partial charge < -0.3 is 5.32 Å². The number of hydrogen-bond donors (Lipinski definition) is 1. The summed E-state index contributed by atoms with van der Waals surface area (Å²) in [5.74, 6) is -0.736. The number of rotatable bonds is 5. The van der Waals surface area contributed by atoms with Gasteiger partial charge in [-0.15, -0.1) is 11.3 Å². The normalized spacial score (nSPS) is 19.1. The van der Waals surface area contributed by atoms with Gasteiger partial charge in [-0.1, -0.05) is 49.4 Å². The third-order valence-electron chi connectivity index (χ3n) is 4.94. The maximum atomic E-state index is 13.3. The third kappa shape index (κ3) is 3.07. The summed E-state index contributed by atoms with van der Waals surface area (Å²) in [6.07, 6.45) is 0.367. The Hall–Kier alpha value is -3.06. The Morgan fingerprint density at radius 2 is 1.82 bits per heavy atom. The van der Waals surface area contributed by atoms with Crippen LogP contribution >= 0.6 is 11.3 Å². The van der Waals surface area contributed by atoms with Crippen LogP contribution in [-0.2, 0) is 16.9 Å². The minimum atomic E-state index is -1.18. The number of carbonyl (C=O) groups excluding carboxylic acids is 2. The highest BCUT2D eigenvalue weighted by Gasteiger charge is 2.51. The number of benzene rings is 2. The second kappa shape index (κ2) is 7.16. The van der Waals surface area contributed by atoms with Crippen LogP contribution in [0.2, 0.25) is 0 Å². The fourth-order valence-electron chi connectivity index (χ4n) is 3.40. The van der Waals surface area contributed by atoms with Crippen LogP contribution in [0.5, 0.6) is 0 Å². The van der Waals surface area contributed by atoms with E-state index in [0.29, 0.717) is 17.7 Å². The van der Waals surface area contributed by atoms with Crippen LogP contribution < -0.4 is 5.32 Å². The van der Waals surface area contributed by atoms with E-state index in [1.54, 1.807) is 0 Å². The molecule has 3 amide bonds. The van der Waals surface area contributed by atoms with Crippen molar-refractivity contribution in [3.8, 4) is 10.6 Å². The van der Waals surface area contributed by atoms with E-state index in [0.717, 1.165) is 10.6 Å². The molecule has 1 atom stereocenters. The number of thiazole rings is 1. The molecular formula is C21H18FN3O2S. The molecule has 28 heavy (non-hydrogen) atoms. The Balaban J connectivity index is 1.59. The lowest BCUT2D eigenvalue weighted by atomic mass is 9.87. The first-order chi connectivity index (χ1) is 13.5. The summed E-state index contributed by atoms with van der Waals surface area (Å²) in [6.45, 7) is 1.92. The fraction of sp³-hybridized carbons (Fsp3) is 0.190. The lowest BCUT2D eigenvalue weighted by molar-refractivity contribution is -0.132. The van der Waals surface area contributed by atoms with Crippen molar-refractivity contribution in [2.45, 2.75) is 25.4 Å². The predicted molar refractivity (Wildman–Crippen MR) is 105 cm³/mol. The van der Waals surface area contributed by atoms with E-state index >= 15 is 0 Å². The van der Waals surface area contributed by atoms with Gasteiger partial charge in [0.2, 0.25) is 0 Å². The van der Waals surface area contributed by atoms with Gasteiger partial charge in [0.15, 0.2) is 0 Å². The highest BCUT2D eigenvalue weighted by molar-refractivity contribution is 7.13. The molecule has 1 aliphatic heterocycles. The molecule has 2 heterocycles. The number of hydrogen-bond acceptors (Lipinski definition) is 4. The van der Waals surface area contributed by atoms with Gasteiger partial charge in [0.05, 0.1) is 12.2 Å². The largest absolute Gasteiger partial charge is 0.325 e.